The van der Waals surface area contributed by atoms with Gasteiger partial charge in [-0.25, -0.2) is 25.0 Å². The Hall–Kier alpha value is -3.37. The number of hydrazine groups is 1. The number of anilines is 3. The third-order valence-corrected chi connectivity index (χ3v) is 8.33. The molecular weight excluding hydrogens is 480 g/mol. The lowest BCUT2D eigenvalue weighted by Crippen LogP contribution is -2.58. The van der Waals surface area contributed by atoms with E-state index in [1.54, 1.807) is 12.4 Å². The first-order chi connectivity index (χ1) is 18.3. The van der Waals surface area contributed by atoms with Crippen molar-refractivity contribution in [1.29, 1.82) is 0 Å². The SMILES string of the molecule is CC(=O)c1c(C)c2cnc(Nc3cnc(N4CC5CCN(C4)N5C(C)C)cn3)cc2n(C2CCCC2)c1=O. The van der Waals surface area contributed by atoms with Gasteiger partial charge >= 0.3 is 0 Å². The minimum Gasteiger partial charge on any atom is -0.339 e. The highest BCUT2D eigenvalue weighted by molar-refractivity contribution is 6.00. The molecular formula is C28H36N8O2. The standard InChI is InChI=1S/C28H36N8O2/c1-17(2)36-21-9-10-34(36)16-33(15-21)26-14-30-25(13-31-26)32-24-11-23-22(12-29-24)18(3)27(19(4)37)28(38)35(23)20-7-5-6-8-20/h11-14,17,20-21H,5-10,15-16H2,1-4H3,(H,29,30,32). The average molecular weight is 517 g/mol. The van der Waals surface area contributed by atoms with E-state index >= 15 is 0 Å². The fraction of sp³-hybridized carbons (Fsp3) is 0.536. The Kier molecular flexibility index (Phi) is 6.39. The maximum Gasteiger partial charge on any atom is 0.262 e. The van der Waals surface area contributed by atoms with Crippen molar-refractivity contribution in [2.75, 3.05) is 30.0 Å². The molecule has 2 atom stereocenters. The van der Waals surface area contributed by atoms with Crippen LogP contribution in [0.3, 0.4) is 0 Å². The van der Waals surface area contributed by atoms with E-state index in [2.05, 4.69) is 44.0 Å². The minimum absolute atomic E-state index is 0.0974. The number of aryl methyl sites for hydroxylation is 1. The van der Waals surface area contributed by atoms with E-state index in [4.69, 9.17) is 4.98 Å². The van der Waals surface area contributed by atoms with Crippen molar-refractivity contribution < 1.29 is 4.79 Å². The molecule has 2 bridgehead atoms. The van der Waals surface area contributed by atoms with Gasteiger partial charge in [-0.1, -0.05) is 12.8 Å². The molecule has 200 valence electrons. The zero-order chi connectivity index (χ0) is 26.6. The van der Waals surface area contributed by atoms with Gasteiger partial charge < -0.3 is 14.8 Å². The molecule has 2 unspecified atom stereocenters. The number of hydrogen-bond donors (Lipinski definition) is 1. The van der Waals surface area contributed by atoms with Crippen molar-refractivity contribution >= 4 is 34.1 Å². The molecule has 0 aromatic carbocycles. The number of ketones is 1. The predicted octanol–water partition coefficient (Wildman–Crippen LogP) is 4.03. The van der Waals surface area contributed by atoms with Crippen molar-refractivity contribution in [1.82, 2.24) is 29.5 Å². The Bertz CT molecular complexity index is 1410. The Labute approximate surface area is 222 Å². The zero-order valence-corrected chi connectivity index (χ0v) is 22.6. The molecule has 0 radical (unpaired) electrons. The van der Waals surface area contributed by atoms with Crippen LogP contribution in [0.1, 0.15) is 74.8 Å². The highest BCUT2D eigenvalue weighted by Gasteiger charge is 2.40. The second-order valence-corrected chi connectivity index (χ2v) is 11.2. The monoisotopic (exact) mass is 516 g/mol. The predicted molar refractivity (Wildman–Crippen MR) is 148 cm³/mol. The van der Waals surface area contributed by atoms with E-state index in [0.717, 1.165) is 62.2 Å². The molecule has 3 aromatic rings. The van der Waals surface area contributed by atoms with Crippen molar-refractivity contribution in [2.45, 2.75) is 77.9 Å². The fourth-order valence-corrected chi connectivity index (χ4v) is 6.66. The molecule has 2 aliphatic heterocycles. The summed E-state index contributed by atoms with van der Waals surface area (Å²) >= 11 is 0. The van der Waals surface area contributed by atoms with Gasteiger partial charge in [-0.05, 0) is 52.5 Å². The van der Waals surface area contributed by atoms with Gasteiger partial charge in [-0.2, -0.15) is 0 Å². The number of carbonyl (C=O) groups is 1. The lowest BCUT2D eigenvalue weighted by atomic mass is 10.0. The van der Waals surface area contributed by atoms with Crippen LogP contribution in [0.2, 0.25) is 0 Å². The molecule has 10 heteroatoms. The molecule has 6 rings (SSSR count). The first kappa shape index (κ1) is 24.9. The largest absolute Gasteiger partial charge is 0.339 e. The van der Waals surface area contributed by atoms with Gasteiger partial charge in [0.05, 0.1) is 30.1 Å². The first-order valence-corrected chi connectivity index (χ1v) is 13.7. The maximum atomic E-state index is 13.5. The number of hydrogen-bond acceptors (Lipinski definition) is 9. The lowest BCUT2D eigenvalue weighted by molar-refractivity contribution is -0.0494. The second kappa shape index (κ2) is 9.74. The number of Topliss-reactive ketones (excluding diaryl/α,β-unsaturated/α-hetero) is 1. The molecule has 0 spiro atoms. The molecule has 1 N–H and O–H groups in total. The molecule has 5 heterocycles. The topological polar surface area (TPSA) is 99.5 Å². The van der Waals surface area contributed by atoms with Crippen LogP contribution in [0.25, 0.3) is 10.9 Å². The van der Waals surface area contributed by atoms with Crippen molar-refractivity contribution in [3.63, 3.8) is 0 Å². The summed E-state index contributed by atoms with van der Waals surface area (Å²) in [7, 11) is 0. The molecule has 3 fully saturated rings. The Morgan fingerprint density at radius 3 is 2.45 bits per heavy atom. The van der Waals surface area contributed by atoms with E-state index in [9.17, 15) is 9.59 Å². The fourth-order valence-electron chi connectivity index (χ4n) is 6.66. The van der Waals surface area contributed by atoms with Gasteiger partial charge in [0.1, 0.15) is 17.5 Å². The van der Waals surface area contributed by atoms with Crippen LogP contribution in [0.15, 0.2) is 29.5 Å². The van der Waals surface area contributed by atoms with Gasteiger partial charge in [0.15, 0.2) is 5.78 Å². The van der Waals surface area contributed by atoms with Gasteiger partial charge in [0.2, 0.25) is 0 Å². The molecule has 2 saturated heterocycles. The quantitative estimate of drug-likeness (QED) is 0.487. The van der Waals surface area contributed by atoms with Crippen molar-refractivity contribution in [3.8, 4) is 0 Å². The summed E-state index contributed by atoms with van der Waals surface area (Å²) in [5, 5.41) is 9.01. The third kappa shape index (κ3) is 4.25. The van der Waals surface area contributed by atoms with Crippen LogP contribution in [-0.2, 0) is 0 Å². The van der Waals surface area contributed by atoms with Crippen molar-refractivity contribution in [3.05, 3.63) is 46.1 Å². The molecule has 3 aliphatic rings. The number of nitrogens with zero attached hydrogens (tertiary/aromatic N) is 7. The zero-order valence-electron chi connectivity index (χ0n) is 22.6. The molecule has 1 saturated carbocycles. The molecule has 10 nitrogen and oxygen atoms in total. The van der Waals surface area contributed by atoms with Crippen molar-refractivity contribution in [2.24, 2.45) is 0 Å². The molecule has 3 aromatic heterocycles. The lowest BCUT2D eigenvalue weighted by Gasteiger charge is -2.44. The van der Waals surface area contributed by atoms with Gasteiger partial charge in [-0.3, -0.25) is 9.59 Å². The third-order valence-electron chi connectivity index (χ3n) is 8.33. The Morgan fingerprint density at radius 2 is 1.79 bits per heavy atom. The normalized spacial score (nSPS) is 22.1. The summed E-state index contributed by atoms with van der Waals surface area (Å²) in [5.74, 6) is 1.85. The number of carbonyl (C=O) groups excluding carboxylic acids is 1. The van der Waals surface area contributed by atoms with Crippen LogP contribution in [-0.4, -0.2) is 67.2 Å². The number of nitrogens with one attached hydrogen (secondary N) is 1. The van der Waals surface area contributed by atoms with Crippen LogP contribution >= 0.6 is 0 Å². The highest BCUT2D eigenvalue weighted by Crippen LogP contribution is 2.33. The van der Waals surface area contributed by atoms with Crippen LogP contribution in [0.4, 0.5) is 17.5 Å². The number of pyridine rings is 2. The van der Waals surface area contributed by atoms with E-state index in [1.165, 1.54) is 13.3 Å². The summed E-state index contributed by atoms with van der Waals surface area (Å²) in [5.41, 5.74) is 1.57. The first-order valence-electron chi connectivity index (χ1n) is 13.7. The van der Waals surface area contributed by atoms with Crippen LogP contribution in [0, 0.1) is 6.92 Å². The van der Waals surface area contributed by atoms with E-state index in [1.807, 2.05) is 23.8 Å². The molecule has 1 aliphatic carbocycles. The van der Waals surface area contributed by atoms with E-state index in [0.29, 0.717) is 29.3 Å². The maximum absolute atomic E-state index is 13.5. The molecule has 0 amide bonds. The molecule has 38 heavy (non-hydrogen) atoms. The van der Waals surface area contributed by atoms with E-state index in [-0.39, 0.29) is 22.9 Å². The summed E-state index contributed by atoms with van der Waals surface area (Å²) in [4.78, 5) is 42.0. The van der Waals surface area contributed by atoms with E-state index < -0.39 is 0 Å². The Balaban J connectivity index is 1.27. The average Bonchev–Trinajstić information content (AvgIpc) is 3.50. The number of fused-ring (bicyclic) bond motifs is 3. The number of aromatic nitrogens is 4. The van der Waals surface area contributed by atoms with Gasteiger partial charge in [-0.15, -0.1) is 0 Å². The smallest absolute Gasteiger partial charge is 0.262 e. The highest BCUT2D eigenvalue weighted by atomic mass is 16.1. The Morgan fingerprint density at radius 1 is 1.03 bits per heavy atom. The summed E-state index contributed by atoms with van der Waals surface area (Å²) in [6.07, 6.45) is 10.5. The summed E-state index contributed by atoms with van der Waals surface area (Å²) < 4.78 is 1.83. The minimum atomic E-state index is -0.200. The van der Waals surface area contributed by atoms with Gasteiger partial charge in [0, 0.05) is 48.9 Å². The summed E-state index contributed by atoms with van der Waals surface area (Å²) in [6, 6.07) is 3.01. The van der Waals surface area contributed by atoms with Crippen LogP contribution < -0.4 is 15.8 Å². The number of rotatable bonds is 6. The second-order valence-electron chi connectivity index (χ2n) is 11.2. The van der Waals surface area contributed by atoms with Gasteiger partial charge in [0.25, 0.3) is 5.56 Å². The van der Waals surface area contributed by atoms with Crippen LogP contribution in [0.5, 0.6) is 0 Å². The summed E-state index contributed by atoms with van der Waals surface area (Å²) in [6.45, 7) is 10.6.